The number of ether oxygens (including phenoxy) is 4. The Morgan fingerprint density at radius 2 is 1.75 bits per heavy atom. The molecule has 2 aromatic carbocycles. The molecule has 0 amide bonds. The van der Waals surface area contributed by atoms with Crippen molar-refractivity contribution in [1.82, 2.24) is 0 Å². The molecule has 28 heavy (non-hydrogen) atoms. The van der Waals surface area contributed by atoms with Gasteiger partial charge in [0.05, 0.1) is 20.8 Å². The molecule has 2 aromatic rings. The summed E-state index contributed by atoms with van der Waals surface area (Å²) in [5, 5.41) is 20.4. The van der Waals surface area contributed by atoms with Crippen LogP contribution in [0.4, 0.5) is 0 Å². The van der Waals surface area contributed by atoms with E-state index in [4.69, 9.17) is 18.9 Å². The second-order valence-corrected chi connectivity index (χ2v) is 7.32. The molecule has 4 atom stereocenters. The number of methoxy groups -OCH3 is 2. The summed E-state index contributed by atoms with van der Waals surface area (Å²) in [5.41, 5.74) is 3.17. The van der Waals surface area contributed by atoms with E-state index in [0.717, 1.165) is 23.1 Å². The highest BCUT2D eigenvalue weighted by Crippen LogP contribution is 2.51. The van der Waals surface area contributed by atoms with Gasteiger partial charge in [0, 0.05) is 24.4 Å². The molecule has 0 bridgehead atoms. The van der Waals surface area contributed by atoms with Crippen LogP contribution < -0.4 is 9.47 Å². The first-order valence-corrected chi connectivity index (χ1v) is 9.57. The van der Waals surface area contributed by atoms with Crippen LogP contribution in [0.2, 0.25) is 0 Å². The largest absolute Gasteiger partial charge is 0.504 e. The molecule has 1 aliphatic carbocycles. The van der Waals surface area contributed by atoms with Gasteiger partial charge in [-0.15, -0.1) is 0 Å². The van der Waals surface area contributed by atoms with Gasteiger partial charge in [-0.3, -0.25) is 0 Å². The van der Waals surface area contributed by atoms with E-state index in [0.29, 0.717) is 24.7 Å². The third-order valence-electron chi connectivity index (χ3n) is 5.91. The fourth-order valence-corrected chi connectivity index (χ4v) is 4.64. The van der Waals surface area contributed by atoms with Crippen LogP contribution in [0.25, 0.3) is 0 Å². The number of rotatable bonds is 5. The van der Waals surface area contributed by atoms with Gasteiger partial charge in [0.2, 0.25) is 0 Å². The Kier molecular flexibility index (Phi) is 5.08. The summed E-state index contributed by atoms with van der Waals surface area (Å²) < 4.78 is 22.5. The van der Waals surface area contributed by atoms with E-state index in [1.54, 1.807) is 19.2 Å². The molecule has 4 rings (SSSR count). The first-order chi connectivity index (χ1) is 13.6. The lowest BCUT2D eigenvalue weighted by atomic mass is 9.67. The van der Waals surface area contributed by atoms with Gasteiger partial charge >= 0.3 is 0 Å². The summed E-state index contributed by atoms with van der Waals surface area (Å²) in [5.74, 6) is 1.51. The summed E-state index contributed by atoms with van der Waals surface area (Å²) >= 11 is 0. The quantitative estimate of drug-likeness (QED) is 0.820. The second-order valence-electron chi connectivity index (χ2n) is 7.32. The fourth-order valence-electron chi connectivity index (χ4n) is 4.64. The van der Waals surface area contributed by atoms with Crippen LogP contribution in [-0.4, -0.2) is 43.9 Å². The van der Waals surface area contributed by atoms with E-state index < -0.39 is 0 Å². The third-order valence-corrected chi connectivity index (χ3v) is 5.91. The summed E-state index contributed by atoms with van der Waals surface area (Å²) in [6, 6.07) is 9.12. The lowest BCUT2D eigenvalue weighted by molar-refractivity contribution is -0.127. The first kappa shape index (κ1) is 18.9. The monoisotopic (exact) mass is 386 g/mol. The molecule has 1 aliphatic heterocycles. The Balaban J connectivity index is 1.84. The van der Waals surface area contributed by atoms with Crippen molar-refractivity contribution in [2.75, 3.05) is 27.4 Å². The van der Waals surface area contributed by atoms with Crippen molar-refractivity contribution < 1.29 is 29.2 Å². The maximum Gasteiger partial charge on any atom is 0.161 e. The van der Waals surface area contributed by atoms with Crippen LogP contribution in [-0.2, 0) is 15.9 Å². The minimum atomic E-state index is -0.246. The summed E-state index contributed by atoms with van der Waals surface area (Å²) in [6.45, 7) is 3.14. The number of benzene rings is 2. The van der Waals surface area contributed by atoms with Gasteiger partial charge in [0.25, 0.3) is 0 Å². The minimum absolute atomic E-state index is 0.00878. The standard InChI is InChI=1S/C22H26O6/c1-4-27-22-15-7-13-9-20(26-3)18(24)10-14(13)21(16(15)11-28-22)12-5-6-17(23)19(8-12)25-2/h5-6,8-10,15-16,21-24H,4,7,11H2,1-3H3. The molecule has 2 N–H and O–H groups in total. The van der Waals surface area contributed by atoms with Gasteiger partial charge < -0.3 is 29.2 Å². The second kappa shape index (κ2) is 7.53. The van der Waals surface area contributed by atoms with Crippen molar-refractivity contribution >= 4 is 0 Å². The molecule has 4 unspecified atom stereocenters. The van der Waals surface area contributed by atoms with Crippen LogP contribution in [0.15, 0.2) is 30.3 Å². The summed E-state index contributed by atoms with van der Waals surface area (Å²) in [6.07, 6.45) is 0.553. The molecule has 2 aliphatic rings. The molecule has 0 saturated carbocycles. The van der Waals surface area contributed by atoms with E-state index in [9.17, 15) is 10.2 Å². The van der Waals surface area contributed by atoms with E-state index in [1.165, 1.54) is 7.11 Å². The van der Waals surface area contributed by atoms with Gasteiger partial charge in [-0.2, -0.15) is 0 Å². The molecule has 6 heteroatoms. The zero-order chi connectivity index (χ0) is 19.8. The number of hydrogen-bond donors (Lipinski definition) is 2. The Morgan fingerprint density at radius 3 is 2.46 bits per heavy atom. The van der Waals surface area contributed by atoms with Crippen LogP contribution >= 0.6 is 0 Å². The zero-order valence-electron chi connectivity index (χ0n) is 16.3. The number of aromatic hydroxyl groups is 2. The Bertz CT molecular complexity index is 864. The molecule has 1 saturated heterocycles. The maximum atomic E-state index is 10.4. The third kappa shape index (κ3) is 3.06. The van der Waals surface area contributed by atoms with Crippen molar-refractivity contribution in [3.63, 3.8) is 0 Å². The molecule has 0 spiro atoms. The fraction of sp³-hybridized carbons (Fsp3) is 0.455. The Labute approximate surface area is 164 Å². The Hall–Kier alpha value is -2.44. The highest BCUT2D eigenvalue weighted by Gasteiger charge is 2.47. The van der Waals surface area contributed by atoms with Crippen LogP contribution in [0.3, 0.4) is 0 Å². The van der Waals surface area contributed by atoms with Gasteiger partial charge in [-0.1, -0.05) is 6.07 Å². The van der Waals surface area contributed by atoms with Crippen LogP contribution in [0.1, 0.15) is 29.5 Å². The van der Waals surface area contributed by atoms with Crippen molar-refractivity contribution in [1.29, 1.82) is 0 Å². The summed E-state index contributed by atoms with van der Waals surface area (Å²) in [4.78, 5) is 0. The van der Waals surface area contributed by atoms with Crippen molar-refractivity contribution in [2.45, 2.75) is 25.6 Å². The van der Waals surface area contributed by atoms with Crippen LogP contribution in [0.5, 0.6) is 23.0 Å². The van der Waals surface area contributed by atoms with Gasteiger partial charge in [-0.05, 0) is 54.3 Å². The van der Waals surface area contributed by atoms with E-state index in [2.05, 4.69) is 0 Å². The summed E-state index contributed by atoms with van der Waals surface area (Å²) in [7, 11) is 3.09. The molecule has 1 fully saturated rings. The van der Waals surface area contributed by atoms with Gasteiger partial charge in [-0.25, -0.2) is 0 Å². The lowest BCUT2D eigenvalue weighted by Gasteiger charge is -2.36. The van der Waals surface area contributed by atoms with Crippen LogP contribution in [0, 0.1) is 11.8 Å². The highest BCUT2D eigenvalue weighted by atomic mass is 16.7. The van der Waals surface area contributed by atoms with Gasteiger partial charge in [0.15, 0.2) is 29.3 Å². The zero-order valence-corrected chi connectivity index (χ0v) is 16.3. The smallest absolute Gasteiger partial charge is 0.161 e. The van der Waals surface area contributed by atoms with E-state index in [1.807, 2.05) is 25.1 Å². The molecule has 0 aromatic heterocycles. The normalized spacial score (nSPS) is 25.8. The Morgan fingerprint density at radius 1 is 1.00 bits per heavy atom. The van der Waals surface area contributed by atoms with Gasteiger partial charge in [0.1, 0.15) is 0 Å². The van der Waals surface area contributed by atoms with Crippen molar-refractivity contribution in [3.05, 3.63) is 47.0 Å². The minimum Gasteiger partial charge on any atom is -0.504 e. The van der Waals surface area contributed by atoms with E-state index >= 15 is 0 Å². The molecule has 150 valence electrons. The number of phenols is 2. The SMILES string of the molecule is CCOC1OCC2C(c3ccc(O)c(OC)c3)c3cc(O)c(OC)cc3CC12. The predicted molar refractivity (Wildman–Crippen MR) is 103 cm³/mol. The average Bonchev–Trinajstić information content (AvgIpc) is 3.09. The lowest BCUT2D eigenvalue weighted by Crippen LogP contribution is -2.33. The van der Waals surface area contributed by atoms with E-state index in [-0.39, 0.29) is 35.5 Å². The topological polar surface area (TPSA) is 77.4 Å². The first-order valence-electron chi connectivity index (χ1n) is 9.57. The van der Waals surface area contributed by atoms with Crippen molar-refractivity contribution in [2.24, 2.45) is 11.8 Å². The average molecular weight is 386 g/mol. The number of phenolic OH excluding ortho intramolecular Hbond substituents is 2. The van der Waals surface area contributed by atoms with Crippen molar-refractivity contribution in [3.8, 4) is 23.0 Å². The molecule has 1 heterocycles. The predicted octanol–water partition coefficient (Wildman–Crippen LogP) is 3.43. The number of hydrogen-bond acceptors (Lipinski definition) is 6. The highest BCUT2D eigenvalue weighted by molar-refractivity contribution is 5.53. The molecular formula is C22H26O6. The number of fused-ring (bicyclic) bond motifs is 2. The molecule has 6 nitrogen and oxygen atoms in total. The molecule has 0 radical (unpaired) electrons. The molecular weight excluding hydrogens is 360 g/mol. The maximum absolute atomic E-state index is 10.4.